The minimum Gasteiger partial charge on any atom is -0.304 e. The Morgan fingerprint density at radius 2 is 1.68 bits per heavy atom. The first-order chi connectivity index (χ1) is 8.99. The van der Waals surface area contributed by atoms with Crippen LogP contribution in [0.15, 0.2) is 30.5 Å². The Morgan fingerprint density at radius 1 is 1.05 bits per heavy atom. The van der Waals surface area contributed by atoms with Crippen molar-refractivity contribution in [2.45, 2.75) is 39.8 Å². The van der Waals surface area contributed by atoms with Crippen LogP contribution in [0.4, 0.5) is 0 Å². The molecule has 3 heteroatoms. The molecule has 0 fully saturated rings. The topological polar surface area (TPSA) is 29.9 Å². The molecule has 0 aliphatic heterocycles. The summed E-state index contributed by atoms with van der Waals surface area (Å²) in [6.45, 7) is 8.63. The van der Waals surface area contributed by atoms with E-state index >= 15 is 0 Å². The van der Waals surface area contributed by atoms with Crippen molar-refractivity contribution < 1.29 is 0 Å². The van der Waals surface area contributed by atoms with Crippen molar-refractivity contribution in [1.29, 1.82) is 0 Å². The zero-order chi connectivity index (χ0) is 14.0. The number of benzene rings is 1. The van der Waals surface area contributed by atoms with E-state index in [9.17, 15) is 0 Å². The molecule has 19 heavy (non-hydrogen) atoms. The first kappa shape index (κ1) is 13.8. The van der Waals surface area contributed by atoms with Crippen LogP contribution >= 0.6 is 0 Å². The largest absolute Gasteiger partial charge is 0.304 e. The quantitative estimate of drug-likeness (QED) is 0.909. The normalized spacial score (nSPS) is 14.4. The van der Waals surface area contributed by atoms with Crippen molar-refractivity contribution >= 4 is 0 Å². The molecule has 2 rings (SSSR count). The lowest BCUT2D eigenvalue weighted by molar-refractivity contribution is 0.491. The highest BCUT2D eigenvalue weighted by Crippen LogP contribution is 2.22. The van der Waals surface area contributed by atoms with Crippen LogP contribution in [-0.4, -0.2) is 9.78 Å². The van der Waals surface area contributed by atoms with Crippen LogP contribution in [0.2, 0.25) is 0 Å². The molecule has 0 radical (unpaired) electrons. The molecule has 0 saturated carbocycles. The predicted octanol–water partition coefficient (Wildman–Crippen LogP) is 3.45. The molecule has 0 saturated heterocycles. The van der Waals surface area contributed by atoms with Gasteiger partial charge in [-0.25, -0.2) is 0 Å². The van der Waals surface area contributed by atoms with Gasteiger partial charge < -0.3 is 5.32 Å². The molecule has 2 unspecified atom stereocenters. The van der Waals surface area contributed by atoms with Gasteiger partial charge >= 0.3 is 0 Å². The fourth-order valence-electron chi connectivity index (χ4n) is 2.67. The van der Waals surface area contributed by atoms with Crippen LogP contribution in [0.5, 0.6) is 0 Å². The van der Waals surface area contributed by atoms with E-state index < -0.39 is 0 Å². The summed E-state index contributed by atoms with van der Waals surface area (Å²) in [7, 11) is 1.97. The Balaban J connectivity index is 2.13. The molecule has 1 aromatic carbocycles. The fourth-order valence-corrected chi connectivity index (χ4v) is 2.67. The van der Waals surface area contributed by atoms with E-state index in [1.165, 1.54) is 16.7 Å². The third-order valence-electron chi connectivity index (χ3n) is 3.67. The van der Waals surface area contributed by atoms with Crippen LogP contribution in [0.3, 0.4) is 0 Å². The smallest absolute Gasteiger partial charge is 0.0641 e. The number of hydrogen-bond donors (Lipinski definition) is 1. The maximum Gasteiger partial charge on any atom is 0.0641 e. The molecule has 0 amide bonds. The summed E-state index contributed by atoms with van der Waals surface area (Å²) in [5.41, 5.74) is 5.05. The van der Waals surface area contributed by atoms with Crippen molar-refractivity contribution in [3.05, 3.63) is 52.8 Å². The second-order valence-electron chi connectivity index (χ2n) is 5.31. The Bertz CT molecular complexity index is 557. The van der Waals surface area contributed by atoms with Crippen molar-refractivity contribution in [1.82, 2.24) is 15.1 Å². The lowest BCUT2D eigenvalue weighted by Crippen LogP contribution is -2.23. The van der Waals surface area contributed by atoms with Crippen molar-refractivity contribution in [2.24, 2.45) is 7.05 Å². The van der Waals surface area contributed by atoms with Gasteiger partial charge in [0.25, 0.3) is 0 Å². The Morgan fingerprint density at radius 3 is 2.26 bits per heavy atom. The van der Waals surface area contributed by atoms with Gasteiger partial charge in [0, 0.05) is 30.9 Å². The minimum atomic E-state index is 0.295. The van der Waals surface area contributed by atoms with E-state index in [0.717, 1.165) is 5.69 Å². The number of nitrogens with zero attached hydrogens (tertiary/aromatic N) is 2. The number of aromatic nitrogens is 2. The molecule has 0 spiro atoms. The Labute approximate surface area is 115 Å². The van der Waals surface area contributed by atoms with Crippen molar-refractivity contribution in [3.8, 4) is 0 Å². The average molecular weight is 257 g/mol. The van der Waals surface area contributed by atoms with Crippen molar-refractivity contribution in [2.75, 3.05) is 0 Å². The van der Waals surface area contributed by atoms with Crippen LogP contribution in [0, 0.1) is 13.8 Å². The van der Waals surface area contributed by atoms with Gasteiger partial charge in [-0.3, -0.25) is 4.68 Å². The summed E-state index contributed by atoms with van der Waals surface area (Å²) < 4.78 is 1.88. The van der Waals surface area contributed by atoms with E-state index in [1.54, 1.807) is 0 Å². The van der Waals surface area contributed by atoms with E-state index in [4.69, 9.17) is 0 Å². The van der Waals surface area contributed by atoms with Gasteiger partial charge in [-0.05, 0) is 38.8 Å². The van der Waals surface area contributed by atoms with E-state index in [2.05, 4.69) is 68.6 Å². The summed E-state index contributed by atoms with van der Waals surface area (Å²) in [5, 5.41) is 8.06. The second-order valence-corrected chi connectivity index (χ2v) is 5.31. The summed E-state index contributed by atoms with van der Waals surface area (Å²) in [6, 6.07) is 9.16. The van der Waals surface area contributed by atoms with Gasteiger partial charge in [-0.15, -0.1) is 0 Å². The van der Waals surface area contributed by atoms with E-state index in [1.807, 2.05) is 11.7 Å². The third-order valence-corrected chi connectivity index (χ3v) is 3.67. The Kier molecular flexibility index (Phi) is 4.05. The first-order valence-electron chi connectivity index (χ1n) is 6.80. The molecule has 102 valence electrons. The summed E-state index contributed by atoms with van der Waals surface area (Å²) in [6.07, 6.45) is 2.09. The summed E-state index contributed by atoms with van der Waals surface area (Å²) in [5.74, 6) is 0. The van der Waals surface area contributed by atoms with Crippen LogP contribution in [0.25, 0.3) is 0 Å². The van der Waals surface area contributed by atoms with Gasteiger partial charge in [0.1, 0.15) is 0 Å². The molecule has 1 N–H and O–H groups in total. The van der Waals surface area contributed by atoms with Gasteiger partial charge in [0.15, 0.2) is 0 Å². The molecule has 3 nitrogen and oxygen atoms in total. The highest BCUT2D eigenvalue weighted by atomic mass is 15.3. The lowest BCUT2D eigenvalue weighted by Gasteiger charge is -2.21. The maximum absolute atomic E-state index is 4.41. The minimum absolute atomic E-state index is 0.295. The van der Waals surface area contributed by atoms with E-state index in [-0.39, 0.29) is 0 Å². The monoisotopic (exact) mass is 257 g/mol. The number of hydrogen-bond acceptors (Lipinski definition) is 2. The molecule has 2 aromatic rings. The summed E-state index contributed by atoms with van der Waals surface area (Å²) >= 11 is 0. The fraction of sp³-hybridized carbons (Fsp3) is 0.438. The average Bonchev–Trinajstić information content (AvgIpc) is 2.69. The summed E-state index contributed by atoms with van der Waals surface area (Å²) in [4.78, 5) is 0. The van der Waals surface area contributed by atoms with Crippen molar-refractivity contribution in [3.63, 3.8) is 0 Å². The van der Waals surface area contributed by atoms with Gasteiger partial charge in [0.2, 0.25) is 0 Å². The number of rotatable bonds is 4. The first-order valence-corrected chi connectivity index (χ1v) is 6.80. The highest BCUT2D eigenvalue weighted by Gasteiger charge is 2.15. The molecule has 0 aliphatic carbocycles. The van der Waals surface area contributed by atoms with Crippen LogP contribution < -0.4 is 5.32 Å². The molecule has 1 aromatic heterocycles. The maximum atomic E-state index is 4.41. The zero-order valence-electron chi connectivity index (χ0n) is 12.4. The highest BCUT2D eigenvalue weighted by molar-refractivity contribution is 5.29. The second kappa shape index (κ2) is 5.57. The van der Waals surface area contributed by atoms with E-state index in [0.29, 0.717) is 12.1 Å². The SMILES string of the molecule is Cc1ccccc1C(C)NC(C)c1cn(C)nc1C. The lowest BCUT2D eigenvalue weighted by atomic mass is 10.0. The number of aryl methyl sites for hydroxylation is 3. The Hall–Kier alpha value is -1.61. The van der Waals surface area contributed by atoms with Gasteiger partial charge in [-0.2, -0.15) is 5.10 Å². The molecule has 0 aliphatic rings. The van der Waals surface area contributed by atoms with Crippen LogP contribution in [0.1, 0.15) is 48.3 Å². The zero-order valence-corrected chi connectivity index (χ0v) is 12.4. The molecule has 2 atom stereocenters. The molecule has 0 bridgehead atoms. The predicted molar refractivity (Wildman–Crippen MR) is 79.1 cm³/mol. The number of nitrogens with one attached hydrogen (secondary N) is 1. The van der Waals surface area contributed by atoms with Crippen LogP contribution in [-0.2, 0) is 7.05 Å². The van der Waals surface area contributed by atoms with Gasteiger partial charge in [0.05, 0.1) is 5.69 Å². The molecular weight excluding hydrogens is 234 g/mol. The third kappa shape index (κ3) is 3.04. The van der Waals surface area contributed by atoms with Gasteiger partial charge in [-0.1, -0.05) is 24.3 Å². The molecule has 1 heterocycles. The standard InChI is InChI=1S/C16H23N3/c1-11-8-6-7-9-15(11)12(2)17-13(3)16-10-19(5)18-14(16)4/h6-10,12-13,17H,1-5H3. The molecular formula is C16H23N3.